The predicted octanol–water partition coefficient (Wildman–Crippen LogP) is 3.26. The summed E-state index contributed by atoms with van der Waals surface area (Å²) in [5.74, 6) is -0.686. The number of hydrogen-bond donors (Lipinski definition) is 1. The van der Waals surface area contributed by atoms with E-state index >= 15 is 0 Å². The number of carbonyl (C=O) groups is 1. The van der Waals surface area contributed by atoms with Gasteiger partial charge >= 0.3 is 0 Å². The summed E-state index contributed by atoms with van der Waals surface area (Å²) in [7, 11) is -3.74. The number of halogens is 2. The smallest absolute Gasteiger partial charge is 0.240 e. The molecule has 4 nitrogen and oxygen atoms in total. The van der Waals surface area contributed by atoms with E-state index in [-0.39, 0.29) is 22.2 Å². The molecule has 2 aromatic rings. The van der Waals surface area contributed by atoms with E-state index in [0.29, 0.717) is 11.3 Å². The zero-order chi connectivity index (χ0) is 16.3. The number of rotatable bonds is 6. The average Bonchev–Trinajstić information content (AvgIpc) is 2.90. The maximum absolute atomic E-state index is 13.1. The zero-order valence-corrected chi connectivity index (χ0v) is 14.0. The quantitative estimate of drug-likeness (QED) is 0.803. The van der Waals surface area contributed by atoms with Gasteiger partial charge < -0.3 is 0 Å². The number of nitrogens with one attached hydrogen (secondary N) is 1. The van der Waals surface area contributed by atoms with Crippen molar-refractivity contribution in [2.75, 3.05) is 6.54 Å². The highest BCUT2D eigenvalue weighted by molar-refractivity contribution is 7.89. The van der Waals surface area contributed by atoms with E-state index in [2.05, 4.69) is 4.72 Å². The molecule has 0 aliphatic rings. The topological polar surface area (TPSA) is 63.2 Å². The lowest BCUT2D eigenvalue weighted by atomic mass is 10.3. The molecule has 0 bridgehead atoms. The Morgan fingerprint density at radius 3 is 2.64 bits per heavy atom. The van der Waals surface area contributed by atoms with Crippen molar-refractivity contribution < 1.29 is 17.6 Å². The Labute approximate surface area is 137 Å². The molecule has 1 aromatic carbocycles. The number of benzene rings is 1. The molecule has 2 rings (SSSR count). The Balaban J connectivity index is 2.00. The van der Waals surface area contributed by atoms with Crippen LogP contribution in [0, 0.1) is 5.82 Å². The minimum absolute atomic E-state index is 0.0159. The van der Waals surface area contributed by atoms with Crippen LogP contribution >= 0.6 is 22.9 Å². The van der Waals surface area contributed by atoms with Crippen molar-refractivity contribution in [3.63, 3.8) is 0 Å². The largest absolute Gasteiger partial charge is 0.294 e. The third kappa shape index (κ3) is 4.13. The second kappa shape index (κ2) is 6.87. The molecule has 118 valence electrons. The van der Waals surface area contributed by atoms with Gasteiger partial charge in [0.05, 0.1) is 14.8 Å². The lowest BCUT2D eigenvalue weighted by Crippen LogP contribution is -2.25. The van der Waals surface area contributed by atoms with Gasteiger partial charge in [-0.2, -0.15) is 0 Å². The number of sulfonamides is 1. The first-order valence-electron chi connectivity index (χ1n) is 6.34. The third-order valence-electron chi connectivity index (χ3n) is 2.87. The van der Waals surface area contributed by atoms with Crippen LogP contribution in [0.4, 0.5) is 4.39 Å². The molecule has 22 heavy (non-hydrogen) atoms. The molecule has 1 heterocycles. The number of carbonyl (C=O) groups excluding carboxylic acids is 1. The first kappa shape index (κ1) is 17.1. The summed E-state index contributed by atoms with van der Waals surface area (Å²) in [5, 5.41) is -0.243. The fourth-order valence-corrected chi connectivity index (χ4v) is 3.94. The summed E-state index contributed by atoms with van der Waals surface area (Å²) >= 11 is 6.92. The zero-order valence-electron chi connectivity index (χ0n) is 11.6. The minimum Gasteiger partial charge on any atom is -0.294 e. The lowest BCUT2D eigenvalue weighted by Gasteiger charge is -2.06. The van der Waals surface area contributed by atoms with E-state index in [1.54, 1.807) is 12.1 Å². The molecule has 8 heteroatoms. The number of hydrogen-bond acceptors (Lipinski definition) is 4. The molecule has 1 N–H and O–H groups in total. The molecule has 0 aliphatic heterocycles. The van der Waals surface area contributed by atoms with Crippen molar-refractivity contribution in [3.05, 3.63) is 50.9 Å². The van der Waals surface area contributed by atoms with Crippen molar-refractivity contribution in [1.29, 1.82) is 0 Å². The Kier molecular flexibility index (Phi) is 5.33. The van der Waals surface area contributed by atoms with Crippen molar-refractivity contribution >= 4 is 38.7 Å². The van der Waals surface area contributed by atoms with Gasteiger partial charge in [-0.1, -0.05) is 11.6 Å². The van der Waals surface area contributed by atoms with E-state index in [4.69, 9.17) is 11.6 Å². The highest BCUT2D eigenvalue weighted by atomic mass is 35.5. The van der Waals surface area contributed by atoms with Crippen LogP contribution in [0.5, 0.6) is 0 Å². The highest BCUT2D eigenvalue weighted by Gasteiger charge is 2.15. The van der Waals surface area contributed by atoms with Gasteiger partial charge in [-0.3, -0.25) is 4.79 Å². The Morgan fingerprint density at radius 1 is 1.32 bits per heavy atom. The number of ketones is 1. The third-order valence-corrected chi connectivity index (χ3v) is 5.87. The monoisotopic (exact) mass is 361 g/mol. The Bertz CT molecular complexity index is 802. The maximum Gasteiger partial charge on any atom is 0.240 e. The fraction of sp³-hybridized carbons (Fsp3) is 0.214. The molecule has 0 saturated heterocycles. The van der Waals surface area contributed by atoms with Gasteiger partial charge in [0.1, 0.15) is 5.82 Å². The van der Waals surface area contributed by atoms with E-state index in [1.807, 2.05) is 0 Å². The van der Waals surface area contributed by atoms with Crippen LogP contribution in [0.2, 0.25) is 5.02 Å². The lowest BCUT2D eigenvalue weighted by molar-refractivity contribution is 0.102. The summed E-state index contributed by atoms with van der Waals surface area (Å²) in [6.45, 7) is 1.66. The predicted molar refractivity (Wildman–Crippen MR) is 84.6 cm³/mol. The molecule has 0 saturated carbocycles. The van der Waals surface area contributed by atoms with Crippen LogP contribution in [-0.4, -0.2) is 20.7 Å². The standard InChI is InChI=1S/C14H13ClFNO3S2/c1-9(18)14-5-2-10(21-14)6-7-17-22(19,20)11-3-4-13(16)12(15)8-11/h2-5,8,17H,6-7H2,1H3. The maximum atomic E-state index is 13.1. The summed E-state index contributed by atoms with van der Waals surface area (Å²) in [4.78, 5) is 12.7. The van der Waals surface area contributed by atoms with Crippen LogP contribution in [0.15, 0.2) is 35.2 Å². The van der Waals surface area contributed by atoms with Gasteiger partial charge in [0.15, 0.2) is 5.78 Å². The summed E-state index contributed by atoms with van der Waals surface area (Å²) in [6, 6.07) is 6.75. The van der Waals surface area contributed by atoms with Crippen LogP contribution < -0.4 is 4.72 Å². The van der Waals surface area contributed by atoms with Crippen LogP contribution in [-0.2, 0) is 16.4 Å². The molecule has 0 radical (unpaired) electrons. The van der Waals surface area contributed by atoms with E-state index in [1.165, 1.54) is 18.3 Å². The second-order valence-corrected chi connectivity index (χ2v) is 7.89. The van der Waals surface area contributed by atoms with Crippen molar-refractivity contribution in [1.82, 2.24) is 4.72 Å². The Hall–Kier alpha value is -1.28. The molecule has 0 fully saturated rings. The average molecular weight is 362 g/mol. The fourth-order valence-electron chi connectivity index (χ4n) is 1.74. The Morgan fingerprint density at radius 2 is 2.05 bits per heavy atom. The van der Waals surface area contributed by atoms with Crippen molar-refractivity contribution in [3.8, 4) is 0 Å². The van der Waals surface area contributed by atoms with Gasteiger partial charge in [0, 0.05) is 11.4 Å². The molecule has 0 amide bonds. The van der Waals surface area contributed by atoms with Gasteiger partial charge in [0.2, 0.25) is 10.0 Å². The van der Waals surface area contributed by atoms with Gasteiger partial charge in [-0.15, -0.1) is 11.3 Å². The summed E-state index contributed by atoms with van der Waals surface area (Å²) in [6.07, 6.45) is 0.464. The normalized spacial score (nSPS) is 11.6. The van der Waals surface area contributed by atoms with Crippen LogP contribution in [0.25, 0.3) is 0 Å². The van der Waals surface area contributed by atoms with Crippen molar-refractivity contribution in [2.45, 2.75) is 18.2 Å². The van der Waals surface area contributed by atoms with E-state index in [0.717, 1.165) is 23.1 Å². The van der Waals surface area contributed by atoms with Gasteiger partial charge in [0.25, 0.3) is 0 Å². The number of thiophene rings is 1. The second-order valence-electron chi connectivity index (χ2n) is 4.55. The van der Waals surface area contributed by atoms with Gasteiger partial charge in [-0.05, 0) is 43.7 Å². The van der Waals surface area contributed by atoms with Gasteiger partial charge in [-0.25, -0.2) is 17.5 Å². The molecule has 0 spiro atoms. The van der Waals surface area contributed by atoms with Crippen LogP contribution in [0.1, 0.15) is 21.5 Å². The summed E-state index contributed by atoms with van der Waals surface area (Å²) < 4.78 is 39.6. The van der Waals surface area contributed by atoms with Crippen molar-refractivity contribution in [2.24, 2.45) is 0 Å². The van der Waals surface area contributed by atoms with E-state index < -0.39 is 15.8 Å². The minimum atomic E-state index is -3.74. The SMILES string of the molecule is CC(=O)c1ccc(CCNS(=O)(=O)c2ccc(F)c(Cl)c2)s1. The molecule has 0 aliphatic carbocycles. The van der Waals surface area contributed by atoms with E-state index in [9.17, 15) is 17.6 Å². The first-order chi connectivity index (χ1) is 10.3. The molecular weight excluding hydrogens is 349 g/mol. The molecule has 0 unspecified atom stereocenters. The summed E-state index contributed by atoms with van der Waals surface area (Å²) in [5.41, 5.74) is 0. The molecule has 0 atom stereocenters. The highest BCUT2D eigenvalue weighted by Crippen LogP contribution is 2.20. The van der Waals surface area contributed by atoms with Crippen LogP contribution in [0.3, 0.4) is 0 Å². The first-order valence-corrected chi connectivity index (χ1v) is 9.02. The molecule has 1 aromatic heterocycles. The molecular formula is C14H13ClFNO3S2. The number of Topliss-reactive ketones (excluding diaryl/α,β-unsaturated/α-hetero) is 1.